The molecule has 0 saturated carbocycles. The van der Waals surface area contributed by atoms with Crippen molar-refractivity contribution in [3.05, 3.63) is 53.9 Å². The van der Waals surface area contributed by atoms with Crippen LogP contribution < -0.4 is 11.5 Å². The molecule has 0 aliphatic carbocycles. The van der Waals surface area contributed by atoms with E-state index in [1.54, 1.807) is 17.2 Å². The number of nitrogens with two attached hydrogens (primary N) is 2. The first-order chi connectivity index (χ1) is 13.4. The van der Waals surface area contributed by atoms with Gasteiger partial charge < -0.3 is 16.4 Å². The number of rotatable bonds is 5. The van der Waals surface area contributed by atoms with E-state index in [1.165, 1.54) is 0 Å². The van der Waals surface area contributed by atoms with Gasteiger partial charge in [0.05, 0.1) is 11.4 Å². The topological polar surface area (TPSA) is 111 Å². The van der Waals surface area contributed by atoms with E-state index in [-0.39, 0.29) is 11.9 Å². The van der Waals surface area contributed by atoms with Gasteiger partial charge in [0.1, 0.15) is 5.82 Å². The number of carbonyl (C=O) groups is 1. The molecule has 144 valence electrons. The average molecular weight is 376 g/mol. The summed E-state index contributed by atoms with van der Waals surface area (Å²) in [5.41, 5.74) is 16.2. The van der Waals surface area contributed by atoms with E-state index < -0.39 is 0 Å². The first kappa shape index (κ1) is 19.3. The molecule has 0 spiro atoms. The Labute approximate surface area is 164 Å². The molecular weight excluding hydrogens is 352 g/mol. The fourth-order valence-corrected chi connectivity index (χ4v) is 3.17. The number of pyridine rings is 1. The largest absolute Gasteiger partial charge is 0.384 e. The Hall–Kier alpha value is -3.48. The molecule has 2 aromatic heterocycles. The van der Waals surface area contributed by atoms with Gasteiger partial charge in [0.15, 0.2) is 0 Å². The van der Waals surface area contributed by atoms with Crippen LogP contribution in [0.2, 0.25) is 0 Å². The zero-order valence-corrected chi connectivity index (χ0v) is 16.3. The average Bonchev–Trinajstić information content (AvgIpc) is 2.69. The van der Waals surface area contributed by atoms with E-state index in [0.29, 0.717) is 30.2 Å². The number of aromatic nitrogens is 3. The van der Waals surface area contributed by atoms with Crippen molar-refractivity contribution in [3.63, 3.8) is 0 Å². The molecule has 0 aliphatic rings. The molecule has 2 heterocycles. The molecule has 0 aliphatic heterocycles. The molecule has 3 rings (SSSR count). The van der Waals surface area contributed by atoms with Crippen molar-refractivity contribution in [1.82, 2.24) is 19.9 Å². The Kier molecular flexibility index (Phi) is 5.54. The van der Waals surface area contributed by atoms with Gasteiger partial charge in [-0.3, -0.25) is 4.79 Å². The second kappa shape index (κ2) is 8.04. The molecule has 0 unspecified atom stereocenters. The molecule has 7 heteroatoms. The van der Waals surface area contributed by atoms with E-state index in [9.17, 15) is 4.79 Å². The van der Waals surface area contributed by atoms with Crippen molar-refractivity contribution in [3.8, 4) is 22.4 Å². The molecule has 1 aromatic carbocycles. The standard InChI is InChI=1S/C21H24N6O/c1-4-27(5-2)20(28)15-8-6-14(7-9-15)19-18(13(3)25-21(23)26-19)16-10-11-17(22)24-12-16/h6-12H,4-5H2,1-3H3,(H2,22,24)(H2,23,25,26). The van der Waals surface area contributed by atoms with Gasteiger partial charge >= 0.3 is 0 Å². The highest BCUT2D eigenvalue weighted by molar-refractivity contribution is 5.95. The quantitative estimate of drug-likeness (QED) is 0.707. The van der Waals surface area contributed by atoms with E-state index in [4.69, 9.17) is 11.5 Å². The lowest BCUT2D eigenvalue weighted by atomic mass is 9.98. The van der Waals surface area contributed by atoms with Crippen LogP contribution >= 0.6 is 0 Å². The van der Waals surface area contributed by atoms with E-state index in [0.717, 1.165) is 22.4 Å². The summed E-state index contributed by atoms with van der Waals surface area (Å²) < 4.78 is 0. The summed E-state index contributed by atoms with van der Waals surface area (Å²) in [6.07, 6.45) is 1.69. The lowest BCUT2D eigenvalue weighted by Gasteiger charge is -2.19. The van der Waals surface area contributed by atoms with Gasteiger partial charge in [-0.1, -0.05) is 12.1 Å². The number of amides is 1. The third kappa shape index (κ3) is 3.78. The monoisotopic (exact) mass is 376 g/mol. The molecule has 4 N–H and O–H groups in total. The van der Waals surface area contributed by atoms with Gasteiger partial charge in [-0.05, 0) is 45.0 Å². The predicted molar refractivity (Wildman–Crippen MR) is 112 cm³/mol. The molecule has 0 fully saturated rings. The van der Waals surface area contributed by atoms with Crippen LogP contribution in [0.5, 0.6) is 0 Å². The van der Waals surface area contributed by atoms with Gasteiger partial charge in [0, 0.05) is 41.5 Å². The molecule has 1 amide bonds. The first-order valence-electron chi connectivity index (χ1n) is 9.20. The second-order valence-corrected chi connectivity index (χ2v) is 6.42. The molecule has 0 atom stereocenters. The maximum Gasteiger partial charge on any atom is 0.253 e. The number of benzene rings is 1. The van der Waals surface area contributed by atoms with Crippen molar-refractivity contribution in [2.75, 3.05) is 24.6 Å². The van der Waals surface area contributed by atoms with Crippen molar-refractivity contribution in [2.45, 2.75) is 20.8 Å². The fourth-order valence-electron chi connectivity index (χ4n) is 3.17. The van der Waals surface area contributed by atoms with Crippen LogP contribution in [0, 0.1) is 6.92 Å². The Bertz CT molecular complexity index is 979. The van der Waals surface area contributed by atoms with Gasteiger partial charge in [-0.15, -0.1) is 0 Å². The summed E-state index contributed by atoms with van der Waals surface area (Å²) in [7, 11) is 0. The normalized spacial score (nSPS) is 10.7. The van der Waals surface area contributed by atoms with Crippen LogP contribution in [-0.4, -0.2) is 38.8 Å². The smallest absolute Gasteiger partial charge is 0.253 e. The molecule has 28 heavy (non-hydrogen) atoms. The zero-order valence-electron chi connectivity index (χ0n) is 16.3. The number of nitrogen functional groups attached to an aromatic ring is 2. The number of hydrogen-bond acceptors (Lipinski definition) is 6. The van der Waals surface area contributed by atoms with Crippen LogP contribution in [0.1, 0.15) is 29.9 Å². The van der Waals surface area contributed by atoms with Crippen LogP contribution in [0.25, 0.3) is 22.4 Å². The Morgan fingerprint density at radius 1 is 0.964 bits per heavy atom. The van der Waals surface area contributed by atoms with Crippen LogP contribution in [0.4, 0.5) is 11.8 Å². The SMILES string of the molecule is CCN(CC)C(=O)c1ccc(-c2nc(N)nc(C)c2-c2ccc(N)nc2)cc1. The van der Waals surface area contributed by atoms with Crippen LogP contribution in [0.3, 0.4) is 0 Å². The highest BCUT2D eigenvalue weighted by atomic mass is 16.2. The lowest BCUT2D eigenvalue weighted by molar-refractivity contribution is 0.0773. The predicted octanol–water partition coefficient (Wildman–Crippen LogP) is 3.16. The summed E-state index contributed by atoms with van der Waals surface area (Å²) in [5.74, 6) is 0.652. The second-order valence-electron chi connectivity index (χ2n) is 6.42. The van der Waals surface area contributed by atoms with E-state index >= 15 is 0 Å². The van der Waals surface area contributed by atoms with E-state index in [2.05, 4.69) is 15.0 Å². The maximum absolute atomic E-state index is 12.5. The van der Waals surface area contributed by atoms with Crippen LogP contribution in [0.15, 0.2) is 42.6 Å². The summed E-state index contributed by atoms with van der Waals surface area (Å²) in [6.45, 7) is 7.16. The van der Waals surface area contributed by atoms with Crippen LogP contribution in [-0.2, 0) is 0 Å². The number of anilines is 2. The van der Waals surface area contributed by atoms with Gasteiger partial charge in [-0.25, -0.2) is 15.0 Å². The Balaban J connectivity index is 2.06. The summed E-state index contributed by atoms with van der Waals surface area (Å²) in [5, 5.41) is 0. The summed E-state index contributed by atoms with van der Waals surface area (Å²) in [6, 6.07) is 11.0. The van der Waals surface area contributed by atoms with Crippen molar-refractivity contribution in [1.29, 1.82) is 0 Å². The zero-order chi connectivity index (χ0) is 20.3. The highest BCUT2D eigenvalue weighted by Gasteiger charge is 2.17. The molecule has 7 nitrogen and oxygen atoms in total. The molecular formula is C21H24N6O. The van der Waals surface area contributed by atoms with Crippen molar-refractivity contribution >= 4 is 17.7 Å². The molecule has 3 aromatic rings. The minimum absolute atomic E-state index is 0.0119. The number of carbonyl (C=O) groups excluding carboxylic acids is 1. The number of hydrogen-bond donors (Lipinski definition) is 2. The van der Waals surface area contributed by atoms with Crippen molar-refractivity contribution in [2.24, 2.45) is 0 Å². The fraction of sp³-hybridized carbons (Fsp3) is 0.238. The Morgan fingerprint density at radius 3 is 2.18 bits per heavy atom. The van der Waals surface area contributed by atoms with E-state index in [1.807, 2.05) is 51.1 Å². The number of aryl methyl sites for hydroxylation is 1. The van der Waals surface area contributed by atoms with Gasteiger partial charge in [0.25, 0.3) is 5.91 Å². The molecule has 0 saturated heterocycles. The van der Waals surface area contributed by atoms with Crippen molar-refractivity contribution < 1.29 is 4.79 Å². The maximum atomic E-state index is 12.5. The minimum atomic E-state index is 0.0119. The minimum Gasteiger partial charge on any atom is -0.384 e. The third-order valence-corrected chi connectivity index (χ3v) is 4.64. The lowest BCUT2D eigenvalue weighted by Crippen LogP contribution is -2.30. The Morgan fingerprint density at radius 2 is 1.61 bits per heavy atom. The summed E-state index contributed by atoms with van der Waals surface area (Å²) in [4.78, 5) is 27.3. The third-order valence-electron chi connectivity index (χ3n) is 4.64. The number of nitrogens with zero attached hydrogens (tertiary/aromatic N) is 4. The summed E-state index contributed by atoms with van der Waals surface area (Å²) >= 11 is 0. The van der Waals surface area contributed by atoms with Gasteiger partial charge in [-0.2, -0.15) is 0 Å². The molecule has 0 bridgehead atoms. The molecule has 0 radical (unpaired) electrons. The highest BCUT2D eigenvalue weighted by Crippen LogP contribution is 2.33. The van der Waals surface area contributed by atoms with Gasteiger partial charge in [0.2, 0.25) is 5.95 Å². The first-order valence-corrected chi connectivity index (χ1v) is 9.20.